The summed E-state index contributed by atoms with van der Waals surface area (Å²) >= 11 is 0. The zero-order chi connectivity index (χ0) is 22.9. The lowest BCUT2D eigenvalue weighted by Gasteiger charge is -2.13. The molecule has 0 saturated heterocycles. The molecule has 1 amide bonds. The van der Waals surface area contributed by atoms with Crippen molar-refractivity contribution >= 4 is 28.6 Å². The number of pyridine rings is 1. The Kier molecular flexibility index (Phi) is 6.00. The zero-order valence-corrected chi connectivity index (χ0v) is 17.5. The van der Waals surface area contributed by atoms with Gasteiger partial charge in [-0.15, -0.1) is 0 Å². The van der Waals surface area contributed by atoms with Crippen LogP contribution in [-0.4, -0.2) is 32.6 Å². The summed E-state index contributed by atoms with van der Waals surface area (Å²) in [5.41, 5.74) is -0.651. The molecule has 2 heterocycles. The van der Waals surface area contributed by atoms with Crippen LogP contribution in [0.15, 0.2) is 33.9 Å². The van der Waals surface area contributed by atoms with Gasteiger partial charge in [0.1, 0.15) is 18.0 Å². The van der Waals surface area contributed by atoms with Gasteiger partial charge in [-0.1, -0.05) is 6.07 Å². The van der Waals surface area contributed by atoms with Crippen LogP contribution >= 0.6 is 0 Å². The highest BCUT2D eigenvalue weighted by atomic mass is 19.1. The van der Waals surface area contributed by atoms with Gasteiger partial charge in [-0.05, 0) is 44.5 Å². The Morgan fingerprint density at radius 2 is 1.90 bits per heavy atom. The van der Waals surface area contributed by atoms with Gasteiger partial charge < -0.3 is 10.1 Å². The molecule has 1 N–H and O–H groups in total. The molecule has 0 aliphatic carbocycles. The van der Waals surface area contributed by atoms with Crippen molar-refractivity contribution in [2.45, 2.75) is 27.3 Å². The van der Waals surface area contributed by atoms with Crippen LogP contribution in [0.5, 0.6) is 0 Å². The van der Waals surface area contributed by atoms with Gasteiger partial charge in [-0.3, -0.25) is 18.7 Å². The van der Waals surface area contributed by atoms with E-state index < -0.39 is 35.5 Å². The van der Waals surface area contributed by atoms with Crippen LogP contribution in [0, 0.1) is 19.7 Å². The van der Waals surface area contributed by atoms with Gasteiger partial charge >= 0.3 is 11.7 Å². The Bertz CT molecular complexity index is 1330. The Balaban J connectivity index is 2.09. The monoisotopic (exact) mass is 428 g/mol. The van der Waals surface area contributed by atoms with Gasteiger partial charge in [0.2, 0.25) is 5.91 Å². The summed E-state index contributed by atoms with van der Waals surface area (Å²) in [6.07, 6.45) is 0. The van der Waals surface area contributed by atoms with Crippen molar-refractivity contribution in [3.63, 3.8) is 0 Å². The highest BCUT2D eigenvalue weighted by molar-refractivity contribution is 6.02. The first-order valence-corrected chi connectivity index (χ1v) is 9.48. The first-order chi connectivity index (χ1) is 14.6. The fourth-order valence-corrected chi connectivity index (χ4v) is 3.13. The minimum Gasteiger partial charge on any atom is -0.462 e. The molecular weight excluding hydrogens is 407 g/mol. The molecule has 9 nitrogen and oxygen atoms in total. The molecule has 0 fully saturated rings. The van der Waals surface area contributed by atoms with Crippen LogP contribution in [0.25, 0.3) is 11.0 Å². The maximum atomic E-state index is 13.7. The summed E-state index contributed by atoms with van der Waals surface area (Å²) in [5, 5.41) is 2.33. The maximum absolute atomic E-state index is 13.7. The predicted molar refractivity (Wildman–Crippen MR) is 112 cm³/mol. The number of hydrogen-bond acceptors (Lipinski definition) is 6. The number of carbonyl (C=O) groups excluding carboxylic acids is 2. The van der Waals surface area contributed by atoms with Crippen molar-refractivity contribution in [1.82, 2.24) is 14.1 Å². The molecule has 0 spiro atoms. The van der Waals surface area contributed by atoms with E-state index in [0.717, 1.165) is 10.6 Å². The average Bonchev–Trinajstić information content (AvgIpc) is 2.71. The number of anilines is 1. The molecule has 31 heavy (non-hydrogen) atoms. The third kappa shape index (κ3) is 4.23. The smallest absolute Gasteiger partial charge is 0.339 e. The minimum absolute atomic E-state index is 0.00955. The van der Waals surface area contributed by atoms with Gasteiger partial charge in [0.25, 0.3) is 5.56 Å². The zero-order valence-electron chi connectivity index (χ0n) is 17.5. The molecule has 0 aliphatic heterocycles. The van der Waals surface area contributed by atoms with E-state index in [1.54, 1.807) is 20.8 Å². The molecule has 0 saturated carbocycles. The van der Waals surface area contributed by atoms with Gasteiger partial charge in [0, 0.05) is 18.4 Å². The fraction of sp³-hybridized carbons (Fsp3) is 0.286. The molecule has 0 aliphatic rings. The number of hydrogen-bond donors (Lipinski definition) is 1. The number of esters is 1. The second kappa shape index (κ2) is 8.50. The summed E-state index contributed by atoms with van der Waals surface area (Å²) in [7, 11) is 1.38. The third-order valence-corrected chi connectivity index (χ3v) is 4.68. The highest BCUT2D eigenvalue weighted by Gasteiger charge is 2.22. The van der Waals surface area contributed by atoms with Crippen LogP contribution in [0.2, 0.25) is 0 Å². The number of benzene rings is 1. The molecule has 162 valence electrons. The van der Waals surface area contributed by atoms with Crippen LogP contribution in [-0.2, 0) is 23.1 Å². The van der Waals surface area contributed by atoms with Gasteiger partial charge in [0.05, 0.1) is 17.6 Å². The Morgan fingerprint density at radius 3 is 2.55 bits per heavy atom. The number of aryl methyl sites for hydroxylation is 3. The number of halogens is 1. The molecule has 2 aromatic heterocycles. The van der Waals surface area contributed by atoms with Crippen molar-refractivity contribution < 1.29 is 18.7 Å². The van der Waals surface area contributed by atoms with Crippen molar-refractivity contribution in [3.8, 4) is 0 Å². The number of amides is 1. The number of nitrogens with zero attached hydrogens (tertiary/aromatic N) is 3. The number of ether oxygens (including phenoxy) is 1. The molecule has 3 rings (SSSR count). The molecule has 1 aromatic carbocycles. The Labute approximate surface area is 176 Å². The van der Waals surface area contributed by atoms with Crippen LogP contribution in [0.4, 0.5) is 10.1 Å². The first-order valence-electron chi connectivity index (χ1n) is 9.48. The van der Waals surface area contributed by atoms with Gasteiger partial charge in [-0.2, -0.15) is 0 Å². The van der Waals surface area contributed by atoms with E-state index in [4.69, 9.17) is 4.74 Å². The number of aromatic nitrogens is 3. The quantitative estimate of drug-likeness (QED) is 0.619. The Hall–Kier alpha value is -3.82. The lowest BCUT2D eigenvalue weighted by atomic mass is 10.1. The number of rotatable bonds is 5. The third-order valence-electron chi connectivity index (χ3n) is 4.68. The fourth-order valence-electron chi connectivity index (χ4n) is 3.13. The average molecular weight is 428 g/mol. The molecule has 0 radical (unpaired) electrons. The van der Waals surface area contributed by atoms with E-state index in [1.807, 2.05) is 0 Å². The molecule has 10 heteroatoms. The summed E-state index contributed by atoms with van der Waals surface area (Å²) in [6.45, 7) is 4.28. The molecule has 0 bridgehead atoms. The van der Waals surface area contributed by atoms with Crippen LogP contribution < -0.4 is 16.6 Å². The maximum Gasteiger partial charge on any atom is 0.339 e. The normalized spacial score (nSPS) is 10.9. The largest absolute Gasteiger partial charge is 0.462 e. The standard InChI is InChI=1S/C21H21FN4O5/c1-5-31-20(29)14-8-12(3)23-18-17(14)19(28)26(21(30)25(18)4)10-16(27)24-13-7-6-11(2)15(22)9-13/h6-9H,5,10H2,1-4H3,(H,24,27). The summed E-state index contributed by atoms with van der Waals surface area (Å²) < 4.78 is 20.5. The van der Waals surface area contributed by atoms with E-state index >= 15 is 0 Å². The van der Waals surface area contributed by atoms with E-state index in [2.05, 4.69) is 10.3 Å². The second-order valence-corrected chi connectivity index (χ2v) is 6.98. The molecular formula is C21H21FN4O5. The highest BCUT2D eigenvalue weighted by Crippen LogP contribution is 2.16. The van der Waals surface area contributed by atoms with Crippen molar-refractivity contribution in [1.29, 1.82) is 0 Å². The van der Waals surface area contributed by atoms with Crippen molar-refractivity contribution in [3.05, 3.63) is 67.7 Å². The lowest BCUT2D eigenvalue weighted by Crippen LogP contribution is -2.42. The first kappa shape index (κ1) is 21.9. The van der Waals surface area contributed by atoms with E-state index in [9.17, 15) is 23.6 Å². The number of nitrogens with one attached hydrogen (secondary N) is 1. The topological polar surface area (TPSA) is 112 Å². The lowest BCUT2D eigenvalue weighted by molar-refractivity contribution is -0.116. The molecule has 0 atom stereocenters. The van der Waals surface area contributed by atoms with Crippen molar-refractivity contribution in [2.75, 3.05) is 11.9 Å². The summed E-state index contributed by atoms with van der Waals surface area (Å²) in [4.78, 5) is 54.9. The van der Waals surface area contributed by atoms with Gasteiger partial charge in [-0.25, -0.2) is 19.0 Å². The van der Waals surface area contributed by atoms with Gasteiger partial charge in [0.15, 0.2) is 0 Å². The second-order valence-electron chi connectivity index (χ2n) is 6.98. The summed E-state index contributed by atoms with van der Waals surface area (Å²) in [6, 6.07) is 5.53. The SMILES string of the molecule is CCOC(=O)c1cc(C)nc2c1c(=O)n(CC(=O)Nc1ccc(C)c(F)c1)c(=O)n2C. The van der Waals surface area contributed by atoms with E-state index in [-0.39, 0.29) is 28.9 Å². The Morgan fingerprint density at radius 1 is 1.19 bits per heavy atom. The summed E-state index contributed by atoms with van der Waals surface area (Å²) in [5.74, 6) is -1.95. The van der Waals surface area contributed by atoms with Crippen LogP contribution in [0.3, 0.4) is 0 Å². The van der Waals surface area contributed by atoms with Crippen molar-refractivity contribution in [2.24, 2.45) is 7.05 Å². The predicted octanol–water partition coefficient (Wildman–Crippen LogP) is 1.67. The minimum atomic E-state index is -0.848. The van der Waals surface area contributed by atoms with Crippen LogP contribution in [0.1, 0.15) is 28.5 Å². The number of fused-ring (bicyclic) bond motifs is 1. The van der Waals surface area contributed by atoms with E-state index in [0.29, 0.717) is 15.8 Å². The number of carbonyl (C=O) groups is 2. The molecule has 0 unspecified atom stereocenters. The van der Waals surface area contributed by atoms with E-state index in [1.165, 1.54) is 25.2 Å². The molecule has 3 aromatic rings.